The minimum absolute atomic E-state index is 0.863. The van der Waals surface area contributed by atoms with Gasteiger partial charge in [-0.25, -0.2) is 0 Å². The van der Waals surface area contributed by atoms with Crippen LogP contribution >= 0.6 is 11.3 Å². The van der Waals surface area contributed by atoms with Gasteiger partial charge in [0.1, 0.15) is 5.76 Å². The van der Waals surface area contributed by atoms with Crippen LogP contribution < -0.4 is 0 Å². The maximum atomic E-state index is 5.64. The number of hydrogen-bond acceptors (Lipinski definition) is 3. The zero-order chi connectivity index (χ0) is 14.1. The first-order valence-electron chi connectivity index (χ1n) is 6.64. The van der Waals surface area contributed by atoms with Gasteiger partial charge in [-0.1, -0.05) is 6.07 Å². The summed E-state index contributed by atoms with van der Waals surface area (Å²) in [6, 6.07) is 13.9. The van der Waals surface area contributed by atoms with Gasteiger partial charge in [0.2, 0.25) is 0 Å². The van der Waals surface area contributed by atoms with Crippen molar-refractivity contribution in [1.29, 1.82) is 0 Å². The maximum absolute atomic E-state index is 5.64. The lowest BCUT2D eigenvalue weighted by atomic mass is 10.0. The summed E-state index contributed by atoms with van der Waals surface area (Å²) in [4.78, 5) is 8.90. The van der Waals surface area contributed by atoms with Crippen molar-refractivity contribution in [3.05, 3.63) is 66.5 Å². The fourth-order valence-electron chi connectivity index (χ4n) is 2.40. The van der Waals surface area contributed by atoms with Crippen molar-refractivity contribution < 1.29 is 4.42 Å². The Morgan fingerprint density at radius 1 is 1.05 bits per heavy atom. The number of furan rings is 1. The topological polar surface area (TPSA) is 41.8 Å². The van der Waals surface area contributed by atoms with Gasteiger partial charge in [-0.2, -0.15) is 0 Å². The molecule has 0 saturated heterocycles. The van der Waals surface area contributed by atoms with Crippen LogP contribution in [0.25, 0.3) is 33.2 Å². The molecule has 4 heteroatoms. The second-order valence-corrected chi connectivity index (χ2v) is 5.51. The summed E-state index contributed by atoms with van der Waals surface area (Å²) in [5, 5.41) is 2.14. The van der Waals surface area contributed by atoms with E-state index in [1.54, 1.807) is 17.6 Å². The van der Waals surface area contributed by atoms with Crippen molar-refractivity contribution in [3.63, 3.8) is 0 Å². The van der Waals surface area contributed by atoms with Crippen molar-refractivity contribution in [2.24, 2.45) is 0 Å². The SMILES string of the molecule is c1ccc(-c2csc(-c3ccc[nH]3)c2-c2ccco2)nc1. The quantitative estimate of drug-likeness (QED) is 0.573. The van der Waals surface area contributed by atoms with Crippen LogP contribution in [0.15, 0.2) is 70.9 Å². The first kappa shape index (κ1) is 12.2. The van der Waals surface area contributed by atoms with E-state index in [0.717, 1.165) is 33.2 Å². The Kier molecular flexibility index (Phi) is 2.94. The Morgan fingerprint density at radius 2 is 2.05 bits per heavy atom. The number of nitrogens with one attached hydrogen (secondary N) is 1. The zero-order valence-corrected chi connectivity index (χ0v) is 11.9. The predicted octanol–water partition coefficient (Wildman–Crippen LogP) is 5.07. The van der Waals surface area contributed by atoms with E-state index >= 15 is 0 Å². The summed E-state index contributed by atoms with van der Waals surface area (Å²) in [7, 11) is 0. The molecule has 0 radical (unpaired) electrons. The van der Waals surface area contributed by atoms with Crippen molar-refractivity contribution in [2.75, 3.05) is 0 Å². The molecule has 1 N–H and O–H groups in total. The number of aromatic amines is 1. The number of thiophene rings is 1. The third-order valence-electron chi connectivity index (χ3n) is 3.34. The molecule has 3 nitrogen and oxygen atoms in total. The average molecular weight is 292 g/mol. The molecule has 4 rings (SSSR count). The summed E-state index contributed by atoms with van der Waals surface area (Å²) in [5.74, 6) is 0.863. The Morgan fingerprint density at radius 3 is 2.76 bits per heavy atom. The highest BCUT2D eigenvalue weighted by atomic mass is 32.1. The van der Waals surface area contributed by atoms with E-state index in [1.165, 1.54) is 0 Å². The first-order valence-corrected chi connectivity index (χ1v) is 7.52. The number of pyridine rings is 1. The van der Waals surface area contributed by atoms with Crippen molar-refractivity contribution in [3.8, 4) is 33.2 Å². The molecule has 0 bridgehead atoms. The number of aromatic nitrogens is 2. The van der Waals surface area contributed by atoms with Crippen LogP contribution in [0.2, 0.25) is 0 Å². The molecule has 0 saturated carbocycles. The summed E-state index contributed by atoms with van der Waals surface area (Å²) in [5.41, 5.74) is 4.23. The molecule has 4 aromatic rings. The minimum Gasteiger partial charge on any atom is -0.464 e. The number of hydrogen-bond donors (Lipinski definition) is 1. The van der Waals surface area contributed by atoms with E-state index in [9.17, 15) is 0 Å². The predicted molar refractivity (Wildman–Crippen MR) is 85.0 cm³/mol. The number of rotatable bonds is 3. The fraction of sp³-hybridized carbons (Fsp3) is 0. The normalized spacial score (nSPS) is 10.9. The van der Waals surface area contributed by atoms with Crippen LogP contribution in [0, 0.1) is 0 Å². The van der Waals surface area contributed by atoms with Crippen molar-refractivity contribution in [2.45, 2.75) is 0 Å². The molecule has 0 fully saturated rings. The highest BCUT2D eigenvalue weighted by molar-refractivity contribution is 7.14. The number of H-pyrrole nitrogens is 1. The Labute approximate surface area is 125 Å². The van der Waals surface area contributed by atoms with Crippen LogP contribution in [0.3, 0.4) is 0 Å². The first-order chi connectivity index (χ1) is 10.4. The monoisotopic (exact) mass is 292 g/mol. The summed E-state index contributed by atoms with van der Waals surface area (Å²) < 4.78 is 5.64. The van der Waals surface area contributed by atoms with E-state index < -0.39 is 0 Å². The lowest BCUT2D eigenvalue weighted by molar-refractivity contribution is 0.583. The van der Waals surface area contributed by atoms with E-state index in [2.05, 4.69) is 21.4 Å². The van der Waals surface area contributed by atoms with Gasteiger partial charge in [0.25, 0.3) is 0 Å². The Hall–Kier alpha value is -2.59. The average Bonchev–Trinajstić information content (AvgIpc) is 3.27. The largest absolute Gasteiger partial charge is 0.464 e. The van der Waals surface area contributed by atoms with Crippen LogP contribution in [0.5, 0.6) is 0 Å². The van der Waals surface area contributed by atoms with E-state index in [0.29, 0.717) is 0 Å². The Balaban J connectivity index is 1.97. The van der Waals surface area contributed by atoms with Gasteiger partial charge in [-0.3, -0.25) is 4.98 Å². The van der Waals surface area contributed by atoms with Gasteiger partial charge in [-0.15, -0.1) is 11.3 Å². The van der Waals surface area contributed by atoms with Gasteiger partial charge in [0.15, 0.2) is 0 Å². The number of nitrogens with zero attached hydrogens (tertiary/aromatic N) is 1. The fourth-order valence-corrected chi connectivity index (χ4v) is 3.46. The molecule has 0 aliphatic carbocycles. The zero-order valence-electron chi connectivity index (χ0n) is 11.1. The molecule has 0 aliphatic heterocycles. The smallest absolute Gasteiger partial charge is 0.136 e. The maximum Gasteiger partial charge on any atom is 0.136 e. The van der Waals surface area contributed by atoms with Crippen LogP contribution in [0.1, 0.15) is 0 Å². The van der Waals surface area contributed by atoms with Crippen molar-refractivity contribution in [1.82, 2.24) is 9.97 Å². The Bertz CT molecular complexity index is 830. The lowest BCUT2D eigenvalue weighted by Gasteiger charge is -2.04. The second kappa shape index (κ2) is 5.07. The highest BCUT2D eigenvalue weighted by Gasteiger charge is 2.19. The lowest BCUT2D eigenvalue weighted by Crippen LogP contribution is -1.84. The molecular weight excluding hydrogens is 280 g/mol. The van der Waals surface area contributed by atoms with E-state index in [1.807, 2.05) is 48.8 Å². The summed E-state index contributed by atoms with van der Waals surface area (Å²) >= 11 is 1.70. The summed E-state index contributed by atoms with van der Waals surface area (Å²) in [6.07, 6.45) is 5.45. The molecule has 0 amide bonds. The minimum atomic E-state index is 0.863. The van der Waals surface area contributed by atoms with Gasteiger partial charge < -0.3 is 9.40 Å². The third-order valence-corrected chi connectivity index (χ3v) is 4.36. The van der Waals surface area contributed by atoms with E-state index in [4.69, 9.17) is 4.42 Å². The molecule has 0 unspecified atom stereocenters. The van der Waals surface area contributed by atoms with Gasteiger partial charge >= 0.3 is 0 Å². The van der Waals surface area contributed by atoms with Crippen LogP contribution in [-0.4, -0.2) is 9.97 Å². The van der Waals surface area contributed by atoms with Gasteiger partial charge in [0, 0.05) is 28.9 Å². The van der Waals surface area contributed by atoms with Crippen LogP contribution in [0.4, 0.5) is 0 Å². The molecule has 0 aromatic carbocycles. The van der Waals surface area contributed by atoms with Crippen molar-refractivity contribution >= 4 is 11.3 Å². The molecule has 4 heterocycles. The van der Waals surface area contributed by atoms with Gasteiger partial charge in [-0.05, 0) is 36.4 Å². The standard InChI is InChI=1S/C17H12N2OS/c1-2-8-18-13(5-1)12-11-21-17(14-6-3-9-19-14)16(12)15-7-4-10-20-15/h1-11,19H. The van der Waals surface area contributed by atoms with E-state index in [-0.39, 0.29) is 0 Å². The molecule has 0 spiro atoms. The molecule has 4 aromatic heterocycles. The molecular formula is C17H12N2OS. The van der Waals surface area contributed by atoms with Crippen LogP contribution in [-0.2, 0) is 0 Å². The molecule has 21 heavy (non-hydrogen) atoms. The highest BCUT2D eigenvalue weighted by Crippen LogP contribution is 2.43. The third kappa shape index (κ3) is 2.10. The van der Waals surface area contributed by atoms with Gasteiger partial charge in [0.05, 0.1) is 22.5 Å². The molecule has 0 atom stereocenters. The molecule has 102 valence electrons. The summed E-state index contributed by atoms with van der Waals surface area (Å²) in [6.45, 7) is 0. The second-order valence-electron chi connectivity index (χ2n) is 4.63. The molecule has 0 aliphatic rings.